The van der Waals surface area contributed by atoms with Crippen molar-refractivity contribution >= 4 is 5.91 Å². The summed E-state index contributed by atoms with van der Waals surface area (Å²) in [7, 11) is 0. The summed E-state index contributed by atoms with van der Waals surface area (Å²) in [6, 6.07) is 0. The average Bonchev–Trinajstić information content (AvgIpc) is 2.65. The zero-order valence-electron chi connectivity index (χ0n) is 8.12. The largest absolute Gasteiger partial charge is 0.352 e. The Hall–Kier alpha value is -1.65. The minimum absolute atomic E-state index is 0.194. The van der Waals surface area contributed by atoms with E-state index in [1.54, 1.807) is 0 Å². The number of aryl methyl sites for hydroxylation is 1. The fraction of sp³-hybridized carbons (Fsp3) is 0.444. The summed E-state index contributed by atoms with van der Waals surface area (Å²) in [6.45, 7) is 5.78. The van der Waals surface area contributed by atoms with Crippen molar-refractivity contribution in [1.29, 1.82) is 0 Å². The van der Waals surface area contributed by atoms with Gasteiger partial charge in [0.05, 0.1) is 0 Å². The third-order valence-electron chi connectivity index (χ3n) is 1.65. The third-order valence-corrected chi connectivity index (χ3v) is 1.65. The number of rotatable bonds is 5. The van der Waals surface area contributed by atoms with E-state index in [1.165, 1.54) is 6.08 Å². The molecule has 1 N–H and O–H groups in total. The number of nitrogens with zero attached hydrogens (tertiary/aromatic N) is 2. The van der Waals surface area contributed by atoms with Crippen LogP contribution in [0.1, 0.15) is 18.6 Å². The van der Waals surface area contributed by atoms with E-state index in [-0.39, 0.29) is 5.91 Å². The van der Waals surface area contributed by atoms with Crippen molar-refractivity contribution in [3.63, 3.8) is 0 Å². The van der Waals surface area contributed by atoms with Gasteiger partial charge in [-0.3, -0.25) is 4.79 Å². The minimum atomic E-state index is -0.194. The number of aromatic nitrogens is 2. The maximum atomic E-state index is 10.8. The van der Waals surface area contributed by atoms with Crippen LogP contribution in [-0.2, 0) is 17.6 Å². The molecule has 0 aromatic carbocycles. The van der Waals surface area contributed by atoms with Gasteiger partial charge in [0.2, 0.25) is 11.8 Å². The standard InChI is InChI=1S/C9H13N3O2/c1-3-7-11-9(14-12-7)5-6-10-8(13)4-2/h4H,2-3,5-6H2,1H3,(H,10,13). The molecule has 0 saturated heterocycles. The van der Waals surface area contributed by atoms with Crippen LogP contribution < -0.4 is 5.32 Å². The maximum Gasteiger partial charge on any atom is 0.243 e. The Kier molecular flexibility index (Phi) is 3.84. The van der Waals surface area contributed by atoms with Crippen molar-refractivity contribution in [2.75, 3.05) is 6.54 Å². The van der Waals surface area contributed by atoms with Gasteiger partial charge >= 0.3 is 0 Å². The van der Waals surface area contributed by atoms with Crippen molar-refractivity contribution in [2.24, 2.45) is 0 Å². The van der Waals surface area contributed by atoms with Gasteiger partial charge < -0.3 is 9.84 Å². The number of nitrogens with one attached hydrogen (secondary N) is 1. The highest BCUT2D eigenvalue weighted by atomic mass is 16.5. The molecular formula is C9H13N3O2. The van der Waals surface area contributed by atoms with Gasteiger partial charge in [0.15, 0.2) is 5.82 Å². The lowest BCUT2D eigenvalue weighted by molar-refractivity contribution is -0.116. The van der Waals surface area contributed by atoms with Gasteiger partial charge in [-0.2, -0.15) is 4.98 Å². The molecule has 0 spiro atoms. The average molecular weight is 195 g/mol. The van der Waals surface area contributed by atoms with Gasteiger partial charge in [0.1, 0.15) is 0 Å². The fourth-order valence-corrected chi connectivity index (χ4v) is 0.900. The molecule has 5 heteroatoms. The van der Waals surface area contributed by atoms with E-state index in [4.69, 9.17) is 4.52 Å². The van der Waals surface area contributed by atoms with Crippen molar-refractivity contribution in [1.82, 2.24) is 15.5 Å². The number of hydrogen-bond donors (Lipinski definition) is 1. The molecule has 1 rings (SSSR count). The molecule has 14 heavy (non-hydrogen) atoms. The lowest BCUT2D eigenvalue weighted by Crippen LogP contribution is -2.23. The molecule has 5 nitrogen and oxygen atoms in total. The molecule has 0 saturated carbocycles. The smallest absolute Gasteiger partial charge is 0.243 e. The zero-order valence-corrected chi connectivity index (χ0v) is 8.12. The number of carbonyl (C=O) groups excluding carboxylic acids is 1. The van der Waals surface area contributed by atoms with Crippen molar-refractivity contribution in [3.05, 3.63) is 24.4 Å². The predicted molar refractivity (Wildman–Crippen MR) is 50.6 cm³/mol. The van der Waals surface area contributed by atoms with Crippen LogP contribution in [0, 0.1) is 0 Å². The molecular weight excluding hydrogens is 182 g/mol. The van der Waals surface area contributed by atoms with Gasteiger partial charge in [-0.25, -0.2) is 0 Å². The minimum Gasteiger partial charge on any atom is -0.352 e. The van der Waals surface area contributed by atoms with Gasteiger partial charge in [-0.15, -0.1) is 0 Å². The molecule has 0 unspecified atom stereocenters. The highest BCUT2D eigenvalue weighted by Crippen LogP contribution is 1.97. The van der Waals surface area contributed by atoms with Crippen LogP contribution in [0.2, 0.25) is 0 Å². The highest BCUT2D eigenvalue weighted by molar-refractivity contribution is 5.86. The summed E-state index contributed by atoms with van der Waals surface area (Å²) in [5, 5.41) is 6.36. The quantitative estimate of drug-likeness (QED) is 0.694. The van der Waals surface area contributed by atoms with E-state index in [1.807, 2.05) is 6.92 Å². The molecule has 0 radical (unpaired) electrons. The van der Waals surface area contributed by atoms with Gasteiger partial charge in [0, 0.05) is 19.4 Å². The van der Waals surface area contributed by atoms with Crippen LogP contribution >= 0.6 is 0 Å². The van der Waals surface area contributed by atoms with Crippen LogP contribution in [0.25, 0.3) is 0 Å². The predicted octanol–water partition coefficient (Wildman–Crippen LogP) is 0.477. The van der Waals surface area contributed by atoms with E-state index in [9.17, 15) is 4.79 Å². The van der Waals surface area contributed by atoms with Crippen LogP contribution in [0.15, 0.2) is 17.2 Å². The Labute approximate surface area is 82.2 Å². The Morgan fingerprint density at radius 3 is 3.07 bits per heavy atom. The molecule has 1 aromatic heterocycles. The van der Waals surface area contributed by atoms with Crippen LogP contribution in [0.3, 0.4) is 0 Å². The first-order valence-electron chi connectivity index (χ1n) is 4.48. The third kappa shape index (κ3) is 3.01. The SMILES string of the molecule is C=CC(=O)NCCc1nc(CC)no1. The van der Waals surface area contributed by atoms with Crippen LogP contribution in [-0.4, -0.2) is 22.6 Å². The lowest BCUT2D eigenvalue weighted by Gasteiger charge is -1.96. The number of hydrogen-bond acceptors (Lipinski definition) is 4. The molecule has 0 bridgehead atoms. The van der Waals surface area contributed by atoms with E-state index < -0.39 is 0 Å². The van der Waals surface area contributed by atoms with Crippen molar-refractivity contribution < 1.29 is 9.32 Å². The summed E-state index contributed by atoms with van der Waals surface area (Å²) in [6.07, 6.45) is 2.53. The second kappa shape index (κ2) is 5.16. The molecule has 0 aliphatic rings. The molecule has 0 aliphatic carbocycles. The molecule has 76 valence electrons. The topological polar surface area (TPSA) is 68.0 Å². The maximum absolute atomic E-state index is 10.8. The first-order chi connectivity index (χ1) is 6.76. The van der Waals surface area contributed by atoms with Crippen LogP contribution in [0.4, 0.5) is 0 Å². The Morgan fingerprint density at radius 1 is 1.71 bits per heavy atom. The summed E-state index contributed by atoms with van der Waals surface area (Å²) in [4.78, 5) is 14.9. The number of carbonyl (C=O) groups is 1. The molecule has 0 aliphatic heterocycles. The van der Waals surface area contributed by atoms with E-state index in [0.717, 1.165) is 6.42 Å². The zero-order chi connectivity index (χ0) is 10.4. The Bertz CT molecular complexity index is 320. The lowest BCUT2D eigenvalue weighted by atomic mass is 10.4. The Balaban J connectivity index is 2.31. The first kappa shape index (κ1) is 10.4. The highest BCUT2D eigenvalue weighted by Gasteiger charge is 2.03. The van der Waals surface area contributed by atoms with E-state index in [0.29, 0.717) is 24.7 Å². The summed E-state index contributed by atoms with van der Waals surface area (Å²) in [5.74, 6) is 1.04. The second-order valence-electron chi connectivity index (χ2n) is 2.70. The molecule has 1 amide bonds. The molecule has 1 heterocycles. The summed E-state index contributed by atoms with van der Waals surface area (Å²) >= 11 is 0. The summed E-state index contributed by atoms with van der Waals surface area (Å²) in [5.41, 5.74) is 0. The summed E-state index contributed by atoms with van der Waals surface area (Å²) < 4.78 is 4.93. The van der Waals surface area contributed by atoms with E-state index >= 15 is 0 Å². The van der Waals surface area contributed by atoms with Crippen LogP contribution in [0.5, 0.6) is 0 Å². The molecule has 0 atom stereocenters. The van der Waals surface area contributed by atoms with Gasteiger partial charge in [0.25, 0.3) is 0 Å². The normalized spacial score (nSPS) is 9.79. The monoisotopic (exact) mass is 195 g/mol. The van der Waals surface area contributed by atoms with E-state index in [2.05, 4.69) is 22.0 Å². The molecule has 0 fully saturated rings. The fourth-order valence-electron chi connectivity index (χ4n) is 0.900. The van der Waals surface area contributed by atoms with Crippen molar-refractivity contribution in [3.8, 4) is 0 Å². The first-order valence-corrected chi connectivity index (χ1v) is 4.48. The number of amides is 1. The second-order valence-corrected chi connectivity index (χ2v) is 2.70. The van der Waals surface area contributed by atoms with Crippen molar-refractivity contribution in [2.45, 2.75) is 19.8 Å². The van der Waals surface area contributed by atoms with Gasteiger partial charge in [-0.05, 0) is 6.08 Å². The van der Waals surface area contributed by atoms with Gasteiger partial charge in [-0.1, -0.05) is 18.7 Å². The Morgan fingerprint density at radius 2 is 2.50 bits per heavy atom. The molecule has 1 aromatic rings.